The fourth-order valence-corrected chi connectivity index (χ4v) is 3.32. The van der Waals surface area contributed by atoms with Gasteiger partial charge >= 0.3 is 0 Å². The Hall–Kier alpha value is -1.16. The molecule has 0 amide bonds. The van der Waals surface area contributed by atoms with E-state index in [-0.39, 0.29) is 13.2 Å². The van der Waals surface area contributed by atoms with Gasteiger partial charge in [0, 0.05) is 19.1 Å². The van der Waals surface area contributed by atoms with E-state index in [4.69, 9.17) is 0 Å². The van der Waals surface area contributed by atoms with Gasteiger partial charge in [-0.3, -0.25) is 4.90 Å². The Kier molecular flexibility index (Phi) is 6.93. The summed E-state index contributed by atoms with van der Waals surface area (Å²) in [6, 6.07) is 10.9. The second-order valence-electron chi connectivity index (χ2n) is 5.78. The monoisotopic (exact) mass is 289 g/mol. The van der Waals surface area contributed by atoms with E-state index >= 15 is 0 Å². The number of allylic oxidation sites excluding steroid dienone is 2. The van der Waals surface area contributed by atoms with Gasteiger partial charge in [-0.1, -0.05) is 42.5 Å². The molecule has 21 heavy (non-hydrogen) atoms. The molecule has 2 atom stereocenters. The van der Waals surface area contributed by atoms with Crippen molar-refractivity contribution in [2.75, 3.05) is 26.3 Å². The molecule has 0 aromatic heterocycles. The molecule has 0 heterocycles. The Morgan fingerprint density at radius 1 is 1.05 bits per heavy atom. The third-order valence-corrected chi connectivity index (χ3v) is 4.38. The largest absolute Gasteiger partial charge is 0.395 e. The van der Waals surface area contributed by atoms with Crippen molar-refractivity contribution in [1.82, 2.24) is 4.90 Å². The molecule has 0 saturated heterocycles. The predicted octanol–water partition coefficient (Wildman–Crippen LogP) is 2.24. The fraction of sp³-hybridized carbons (Fsp3) is 0.556. The molecule has 1 aromatic rings. The lowest BCUT2D eigenvalue weighted by Crippen LogP contribution is -2.45. The Balaban J connectivity index is 2.13. The first-order valence-corrected chi connectivity index (χ1v) is 8.00. The summed E-state index contributed by atoms with van der Waals surface area (Å²) in [4.78, 5) is 2.26. The summed E-state index contributed by atoms with van der Waals surface area (Å²) in [5, 5.41) is 18.7. The number of aliphatic hydroxyl groups is 2. The van der Waals surface area contributed by atoms with Crippen LogP contribution in [0.4, 0.5) is 0 Å². The fourth-order valence-electron chi connectivity index (χ4n) is 3.32. The van der Waals surface area contributed by atoms with E-state index < -0.39 is 0 Å². The Morgan fingerprint density at radius 2 is 1.76 bits per heavy atom. The minimum atomic E-state index is 0.147. The Bertz CT molecular complexity index is 412. The van der Waals surface area contributed by atoms with Gasteiger partial charge in [0.1, 0.15) is 0 Å². The smallest absolute Gasteiger partial charge is 0.0558 e. The van der Waals surface area contributed by atoms with Crippen LogP contribution in [0.25, 0.3) is 0 Å². The summed E-state index contributed by atoms with van der Waals surface area (Å²) in [7, 11) is 0. The van der Waals surface area contributed by atoms with Gasteiger partial charge in [-0.2, -0.15) is 0 Å². The van der Waals surface area contributed by atoms with Gasteiger partial charge in [-0.05, 0) is 37.2 Å². The maximum atomic E-state index is 9.34. The summed E-state index contributed by atoms with van der Waals surface area (Å²) in [6.45, 7) is 1.57. The quantitative estimate of drug-likeness (QED) is 0.721. The van der Waals surface area contributed by atoms with Crippen LogP contribution in [0.2, 0.25) is 0 Å². The van der Waals surface area contributed by atoms with Crippen molar-refractivity contribution in [2.24, 2.45) is 5.92 Å². The van der Waals surface area contributed by atoms with Crippen molar-refractivity contribution in [2.45, 2.75) is 31.7 Å². The molecule has 0 aliphatic heterocycles. The minimum absolute atomic E-state index is 0.147. The average molecular weight is 289 g/mol. The summed E-state index contributed by atoms with van der Waals surface area (Å²) < 4.78 is 0. The van der Waals surface area contributed by atoms with Crippen molar-refractivity contribution in [1.29, 1.82) is 0 Å². The molecule has 1 aliphatic rings. The Morgan fingerprint density at radius 3 is 2.33 bits per heavy atom. The van der Waals surface area contributed by atoms with Gasteiger partial charge in [-0.15, -0.1) is 0 Å². The number of aliphatic hydroxyl groups excluding tert-OH is 2. The van der Waals surface area contributed by atoms with Crippen LogP contribution in [0.3, 0.4) is 0 Å². The van der Waals surface area contributed by atoms with Crippen LogP contribution in [0.15, 0.2) is 42.5 Å². The standard InChI is InChI=1S/C18H27NO2/c20-13-11-19(12-14-21)18(17-9-5-2-6-10-17)15-16-7-3-1-4-8-16/h1-5,7-8,17-18,20-21H,6,9-15H2. The number of hydrogen-bond acceptors (Lipinski definition) is 3. The first-order chi connectivity index (χ1) is 10.3. The van der Waals surface area contributed by atoms with Gasteiger partial charge in [-0.25, -0.2) is 0 Å². The molecule has 1 aliphatic carbocycles. The van der Waals surface area contributed by atoms with Crippen LogP contribution in [0.1, 0.15) is 24.8 Å². The lowest BCUT2D eigenvalue weighted by atomic mass is 9.83. The second kappa shape index (κ2) is 8.98. The lowest BCUT2D eigenvalue weighted by molar-refractivity contribution is 0.0864. The molecule has 2 rings (SSSR count). The zero-order valence-electron chi connectivity index (χ0n) is 12.7. The molecule has 0 saturated carbocycles. The van der Waals surface area contributed by atoms with Crippen molar-refractivity contribution >= 4 is 0 Å². The highest BCUT2D eigenvalue weighted by Crippen LogP contribution is 2.27. The molecular formula is C18H27NO2. The summed E-state index contributed by atoms with van der Waals surface area (Å²) in [5.41, 5.74) is 1.33. The number of hydrogen-bond donors (Lipinski definition) is 2. The number of nitrogens with zero attached hydrogens (tertiary/aromatic N) is 1. The molecular weight excluding hydrogens is 262 g/mol. The minimum Gasteiger partial charge on any atom is -0.395 e. The lowest BCUT2D eigenvalue weighted by Gasteiger charge is -2.37. The van der Waals surface area contributed by atoms with Crippen molar-refractivity contribution < 1.29 is 10.2 Å². The molecule has 0 fully saturated rings. The molecule has 2 unspecified atom stereocenters. The first kappa shape index (κ1) is 16.2. The highest BCUT2D eigenvalue weighted by Gasteiger charge is 2.27. The third-order valence-electron chi connectivity index (χ3n) is 4.38. The van der Waals surface area contributed by atoms with E-state index in [0.717, 1.165) is 19.3 Å². The molecule has 3 nitrogen and oxygen atoms in total. The molecule has 116 valence electrons. The molecule has 0 bridgehead atoms. The van der Waals surface area contributed by atoms with Crippen LogP contribution >= 0.6 is 0 Å². The predicted molar refractivity (Wildman–Crippen MR) is 86.2 cm³/mol. The molecule has 1 aromatic carbocycles. The van der Waals surface area contributed by atoms with Gasteiger partial charge in [0.05, 0.1) is 13.2 Å². The highest BCUT2D eigenvalue weighted by molar-refractivity contribution is 5.16. The summed E-state index contributed by atoms with van der Waals surface area (Å²) in [5.74, 6) is 0.605. The van der Waals surface area contributed by atoms with Gasteiger partial charge < -0.3 is 10.2 Å². The van der Waals surface area contributed by atoms with E-state index in [9.17, 15) is 10.2 Å². The molecule has 0 radical (unpaired) electrons. The normalized spacial score (nSPS) is 19.9. The van der Waals surface area contributed by atoms with E-state index in [2.05, 4.69) is 41.3 Å². The van der Waals surface area contributed by atoms with Crippen molar-refractivity contribution in [3.05, 3.63) is 48.0 Å². The van der Waals surface area contributed by atoms with Crippen LogP contribution in [0, 0.1) is 5.92 Å². The zero-order valence-corrected chi connectivity index (χ0v) is 12.7. The van der Waals surface area contributed by atoms with Crippen molar-refractivity contribution in [3.8, 4) is 0 Å². The van der Waals surface area contributed by atoms with Crippen LogP contribution in [0.5, 0.6) is 0 Å². The molecule has 0 spiro atoms. The maximum absolute atomic E-state index is 9.34. The first-order valence-electron chi connectivity index (χ1n) is 8.00. The summed E-state index contributed by atoms with van der Waals surface area (Å²) in [6.07, 6.45) is 8.97. The average Bonchev–Trinajstić information content (AvgIpc) is 2.54. The SMILES string of the molecule is OCCN(CCO)C(Cc1ccccc1)C1CC=CCC1. The number of benzene rings is 1. The summed E-state index contributed by atoms with van der Waals surface area (Å²) >= 11 is 0. The van der Waals surface area contributed by atoms with E-state index in [1.54, 1.807) is 0 Å². The topological polar surface area (TPSA) is 43.7 Å². The van der Waals surface area contributed by atoms with E-state index in [0.29, 0.717) is 25.0 Å². The molecule has 2 N–H and O–H groups in total. The molecule has 3 heteroatoms. The Labute approximate surface area is 127 Å². The third kappa shape index (κ3) is 4.95. The van der Waals surface area contributed by atoms with Gasteiger partial charge in [0.2, 0.25) is 0 Å². The second-order valence-corrected chi connectivity index (χ2v) is 5.78. The number of rotatable bonds is 8. The zero-order chi connectivity index (χ0) is 14.9. The van der Waals surface area contributed by atoms with Crippen LogP contribution < -0.4 is 0 Å². The van der Waals surface area contributed by atoms with Crippen LogP contribution in [-0.2, 0) is 6.42 Å². The highest BCUT2D eigenvalue weighted by atomic mass is 16.3. The maximum Gasteiger partial charge on any atom is 0.0558 e. The van der Waals surface area contributed by atoms with Crippen molar-refractivity contribution in [3.63, 3.8) is 0 Å². The van der Waals surface area contributed by atoms with E-state index in [1.807, 2.05) is 6.07 Å². The van der Waals surface area contributed by atoms with Gasteiger partial charge in [0.25, 0.3) is 0 Å². The van der Waals surface area contributed by atoms with Gasteiger partial charge in [0.15, 0.2) is 0 Å². The van der Waals surface area contributed by atoms with E-state index in [1.165, 1.54) is 12.0 Å². The van der Waals surface area contributed by atoms with Crippen LogP contribution in [-0.4, -0.2) is 47.5 Å².